The van der Waals surface area contributed by atoms with E-state index >= 15 is 0 Å². The van der Waals surface area contributed by atoms with Crippen LogP contribution in [0.15, 0.2) is 18.2 Å². The van der Waals surface area contributed by atoms with Crippen molar-refractivity contribution in [2.24, 2.45) is 5.73 Å². The molecule has 8 nitrogen and oxygen atoms in total. The van der Waals surface area contributed by atoms with E-state index in [1.54, 1.807) is 19.2 Å². The number of anilines is 2. The van der Waals surface area contributed by atoms with Crippen LogP contribution in [0, 0.1) is 0 Å². The minimum atomic E-state index is -3.68. The highest BCUT2D eigenvalue weighted by molar-refractivity contribution is 7.90. The molecular formula is C11H16N4O4S. The molecule has 0 radical (unpaired) electrons. The standard InChI is InChI=1S/C11H16N4O4S/c1-15-9-6-8(14-20(17,18)13-5-4-12)2-3-10(9)19-7-11(15)16/h2-3,6,13-14H,4-5,7,12H2,1H3. The van der Waals surface area contributed by atoms with Gasteiger partial charge in [0.1, 0.15) is 5.75 Å². The van der Waals surface area contributed by atoms with Crippen molar-refractivity contribution in [1.29, 1.82) is 0 Å². The number of nitrogens with two attached hydrogens (primary N) is 1. The van der Waals surface area contributed by atoms with Crippen LogP contribution >= 0.6 is 0 Å². The number of nitrogens with zero attached hydrogens (tertiary/aromatic N) is 1. The number of likely N-dealkylation sites (N-methyl/N-ethyl adjacent to an activating group) is 1. The number of hydrogen-bond acceptors (Lipinski definition) is 5. The predicted octanol–water partition coefficient (Wildman–Crippen LogP) is -0.753. The summed E-state index contributed by atoms with van der Waals surface area (Å²) in [6.45, 7) is 0.324. The summed E-state index contributed by atoms with van der Waals surface area (Å²) in [6.07, 6.45) is 0. The lowest BCUT2D eigenvalue weighted by Gasteiger charge is -2.26. The highest BCUT2D eigenvalue weighted by atomic mass is 32.2. The molecule has 20 heavy (non-hydrogen) atoms. The maximum absolute atomic E-state index is 11.7. The minimum absolute atomic E-state index is 0.0212. The van der Waals surface area contributed by atoms with Crippen molar-refractivity contribution >= 4 is 27.5 Å². The molecule has 4 N–H and O–H groups in total. The Balaban J connectivity index is 2.21. The largest absolute Gasteiger partial charge is 0.482 e. The van der Waals surface area contributed by atoms with Gasteiger partial charge in [0.05, 0.1) is 11.4 Å². The van der Waals surface area contributed by atoms with Gasteiger partial charge in [-0.15, -0.1) is 0 Å². The molecule has 0 saturated carbocycles. The molecule has 1 aliphatic rings. The molecule has 0 aliphatic carbocycles. The van der Waals surface area contributed by atoms with Gasteiger partial charge >= 0.3 is 0 Å². The molecule has 0 atom stereocenters. The zero-order valence-electron chi connectivity index (χ0n) is 10.9. The van der Waals surface area contributed by atoms with Gasteiger partial charge in [-0.3, -0.25) is 9.52 Å². The van der Waals surface area contributed by atoms with Gasteiger partial charge in [0, 0.05) is 20.1 Å². The van der Waals surface area contributed by atoms with Crippen LogP contribution < -0.4 is 24.8 Å². The Kier molecular flexibility index (Phi) is 4.12. The zero-order chi connectivity index (χ0) is 14.8. The van der Waals surface area contributed by atoms with Crippen LogP contribution in [-0.4, -0.2) is 41.1 Å². The van der Waals surface area contributed by atoms with Crippen molar-refractivity contribution in [2.45, 2.75) is 0 Å². The first kappa shape index (κ1) is 14.6. The third-order valence-electron chi connectivity index (χ3n) is 2.73. The summed E-state index contributed by atoms with van der Waals surface area (Å²) < 4.78 is 33.3. The maximum atomic E-state index is 11.7. The van der Waals surface area contributed by atoms with Crippen LogP contribution in [0.3, 0.4) is 0 Å². The lowest BCUT2D eigenvalue weighted by atomic mass is 10.2. The first-order chi connectivity index (χ1) is 9.43. The van der Waals surface area contributed by atoms with E-state index in [9.17, 15) is 13.2 Å². The number of amides is 1. The minimum Gasteiger partial charge on any atom is -0.482 e. The van der Waals surface area contributed by atoms with Gasteiger partial charge < -0.3 is 15.4 Å². The molecule has 2 rings (SSSR count). The Labute approximate surface area is 117 Å². The molecule has 1 aliphatic heterocycles. The third kappa shape index (κ3) is 3.18. The summed E-state index contributed by atoms with van der Waals surface area (Å²) >= 11 is 0. The number of carbonyl (C=O) groups excluding carboxylic acids is 1. The van der Waals surface area contributed by atoms with Crippen molar-refractivity contribution in [3.8, 4) is 5.75 Å². The monoisotopic (exact) mass is 300 g/mol. The van der Waals surface area contributed by atoms with Gasteiger partial charge in [-0.05, 0) is 18.2 Å². The van der Waals surface area contributed by atoms with E-state index in [4.69, 9.17) is 10.5 Å². The average Bonchev–Trinajstić information content (AvgIpc) is 2.41. The van der Waals surface area contributed by atoms with Crippen molar-refractivity contribution < 1.29 is 17.9 Å². The van der Waals surface area contributed by atoms with Gasteiger partial charge in [0.25, 0.3) is 16.1 Å². The second-order valence-electron chi connectivity index (χ2n) is 4.21. The molecular weight excluding hydrogens is 284 g/mol. The molecule has 1 heterocycles. The van der Waals surface area contributed by atoms with Crippen LogP contribution in [0.4, 0.5) is 11.4 Å². The molecule has 1 aromatic rings. The topological polar surface area (TPSA) is 114 Å². The van der Waals surface area contributed by atoms with Crippen molar-refractivity contribution in [3.05, 3.63) is 18.2 Å². The van der Waals surface area contributed by atoms with Gasteiger partial charge in [0.15, 0.2) is 6.61 Å². The number of rotatable bonds is 5. The fraction of sp³-hybridized carbons (Fsp3) is 0.364. The van der Waals surface area contributed by atoms with E-state index in [0.717, 1.165) is 0 Å². The summed E-state index contributed by atoms with van der Waals surface area (Å²) in [5, 5.41) is 0. The molecule has 9 heteroatoms. The normalized spacial score (nSPS) is 14.7. The van der Waals surface area contributed by atoms with E-state index in [-0.39, 0.29) is 25.6 Å². The molecule has 0 bridgehead atoms. The lowest BCUT2D eigenvalue weighted by Crippen LogP contribution is -2.36. The predicted molar refractivity (Wildman–Crippen MR) is 74.9 cm³/mol. The third-order valence-corrected chi connectivity index (χ3v) is 3.82. The highest BCUT2D eigenvalue weighted by Gasteiger charge is 2.22. The van der Waals surface area contributed by atoms with Gasteiger partial charge in [0.2, 0.25) is 0 Å². The first-order valence-corrected chi connectivity index (χ1v) is 7.42. The zero-order valence-corrected chi connectivity index (χ0v) is 11.7. The summed E-state index contributed by atoms with van der Waals surface area (Å²) in [5.41, 5.74) is 6.08. The molecule has 0 spiro atoms. The highest BCUT2D eigenvalue weighted by Crippen LogP contribution is 2.33. The van der Waals surface area contributed by atoms with Crippen LogP contribution in [0.25, 0.3) is 0 Å². The fourth-order valence-corrected chi connectivity index (χ4v) is 2.62. The lowest BCUT2D eigenvalue weighted by molar-refractivity contribution is -0.120. The number of ether oxygens (including phenoxy) is 1. The van der Waals surface area contributed by atoms with E-state index in [0.29, 0.717) is 17.1 Å². The Morgan fingerprint density at radius 3 is 2.90 bits per heavy atom. The Hall–Kier alpha value is -1.84. The Bertz CT molecular complexity index is 617. The van der Waals surface area contributed by atoms with Crippen LogP contribution in [-0.2, 0) is 15.0 Å². The Morgan fingerprint density at radius 1 is 1.45 bits per heavy atom. The van der Waals surface area contributed by atoms with Crippen LogP contribution in [0.2, 0.25) is 0 Å². The van der Waals surface area contributed by atoms with Crippen LogP contribution in [0.5, 0.6) is 5.75 Å². The van der Waals surface area contributed by atoms with E-state index in [1.807, 2.05) is 0 Å². The molecule has 0 aromatic heterocycles. The van der Waals surface area contributed by atoms with Crippen LogP contribution in [0.1, 0.15) is 0 Å². The summed E-state index contributed by atoms with van der Waals surface area (Å²) in [7, 11) is -2.07. The summed E-state index contributed by atoms with van der Waals surface area (Å²) in [5.74, 6) is 0.337. The summed E-state index contributed by atoms with van der Waals surface area (Å²) in [4.78, 5) is 13.0. The number of nitrogens with one attached hydrogen (secondary N) is 2. The van der Waals surface area contributed by atoms with E-state index in [1.165, 1.54) is 11.0 Å². The second kappa shape index (κ2) is 5.65. The molecule has 0 saturated heterocycles. The van der Waals surface area contributed by atoms with Gasteiger partial charge in [-0.1, -0.05) is 0 Å². The number of hydrogen-bond donors (Lipinski definition) is 3. The summed E-state index contributed by atoms with van der Waals surface area (Å²) in [6, 6.07) is 4.71. The van der Waals surface area contributed by atoms with Gasteiger partial charge in [-0.2, -0.15) is 13.1 Å². The average molecular weight is 300 g/mol. The second-order valence-corrected chi connectivity index (χ2v) is 5.71. The van der Waals surface area contributed by atoms with E-state index in [2.05, 4.69) is 9.44 Å². The Morgan fingerprint density at radius 2 is 2.20 bits per heavy atom. The fourth-order valence-electron chi connectivity index (χ4n) is 1.72. The number of benzene rings is 1. The van der Waals surface area contributed by atoms with Crippen molar-refractivity contribution in [1.82, 2.24) is 4.72 Å². The molecule has 0 unspecified atom stereocenters. The molecule has 1 amide bonds. The molecule has 0 fully saturated rings. The van der Waals surface area contributed by atoms with Crippen molar-refractivity contribution in [2.75, 3.05) is 36.4 Å². The van der Waals surface area contributed by atoms with E-state index < -0.39 is 10.2 Å². The maximum Gasteiger partial charge on any atom is 0.299 e. The molecule has 110 valence electrons. The van der Waals surface area contributed by atoms with Crippen molar-refractivity contribution in [3.63, 3.8) is 0 Å². The number of carbonyl (C=O) groups is 1. The first-order valence-electron chi connectivity index (χ1n) is 5.94. The molecule has 1 aromatic carbocycles. The smallest absolute Gasteiger partial charge is 0.299 e. The quantitative estimate of drug-likeness (QED) is 0.662. The van der Waals surface area contributed by atoms with Gasteiger partial charge in [-0.25, -0.2) is 0 Å². The number of fused-ring (bicyclic) bond motifs is 1. The SMILES string of the molecule is CN1C(=O)COc2ccc(NS(=O)(=O)NCCN)cc21.